The van der Waals surface area contributed by atoms with Crippen molar-refractivity contribution in [3.8, 4) is 0 Å². The predicted molar refractivity (Wildman–Crippen MR) is 119 cm³/mol. The molecule has 0 aliphatic carbocycles. The van der Waals surface area contributed by atoms with Crippen LogP contribution in [0.5, 0.6) is 0 Å². The van der Waals surface area contributed by atoms with E-state index in [-0.39, 0.29) is 11.4 Å². The van der Waals surface area contributed by atoms with Crippen molar-refractivity contribution in [3.63, 3.8) is 0 Å². The lowest BCUT2D eigenvalue weighted by Crippen LogP contribution is -2.42. The summed E-state index contributed by atoms with van der Waals surface area (Å²) in [6.07, 6.45) is 1.98. The molecule has 3 heterocycles. The summed E-state index contributed by atoms with van der Waals surface area (Å²) in [5, 5.41) is 0. The van der Waals surface area contributed by atoms with Crippen molar-refractivity contribution in [2.45, 2.75) is 37.7 Å². The Balaban J connectivity index is 1.37. The molecule has 2 aliphatic heterocycles. The number of pyridine rings is 1. The molecule has 2 atom stereocenters. The van der Waals surface area contributed by atoms with Crippen LogP contribution in [0.15, 0.2) is 79.0 Å². The Kier molecular flexibility index (Phi) is 5.30. The molecule has 0 saturated carbocycles. The molecule has 5 nitrogen and oxygen atoms in total. The lowest BCUT2D eigenvalue weighted by Gasteiger charge is -2.35. The lowest BCUT2D eigenvalue weighted by molar-refractivity contribution is -0.140. The van der Waals surface area contributed by atoms with Crippen molar-refractivity contribution in [2.24, 2.45) is 0 Å². The molecule has 5 rings (SSSR count). The van der Waals surface area contributed by atoms with E-state index >= 15 is 0 Å². The Morgan fingerprint density at radius 3 is 2.68 bits per heavy atom. The Morgan fingerprint density at radius 2 is 1.87 bits per heavy atom. The molecule has 2 unspecified atom stereocenters. The molecule has 1 amide bonds. The second-order valence-corrected chi connectivity index (χ2v) is 8.55. The fourth-order valence-electron chi connectivity index (χ4n) is 4.94. The van der Waals surface area contributed by atoms with Crippen molar-refractivity contribution in [1.82, 2.24) is 14.8 Å². The smallest absolute Gasteiger partial charge is 0.251 e. The molecular formula is C26H27N3O2. The van der Waals surface area contributed by atoms with Crippen LogP contribution in [0.2, 0.25) is 0 Å². The van der Waals surface area contributed by atoms with Gasteiger partial charge in [-0.2, -0.15) is 0 Å². The first kappa shape index (κ1) is 19.9. The highest BCUT2D eigenvalue weighted by molar-refractivity contribution is 5.81. The number of benzene rings is 2. The van der Waals surface area contributed by atoms with E-state index in [2.05, 4.69) is 58.4 Å². The maximum Gasteiger partial charge on any atom is 0.251 e. The SMILES string of the molecule is CN(Cc1ccccn1)C(=O)C1CC2(CO1)c1ccccc1CN2Cc1ccccc1. The Bertz CT molecular complexity index is 1060. The van der Waals surface area contributed by atoms with Crippen molar-refractivity contribution >= 4 is 5.91 Å². The normalized spacial score (nSPS) is 22.5. The van der Waals surface area contributed by atoms with Crippen LogP contribution in [0.1, 0.15) is 28.8 Å². The minimum absolute atomic E-state index is 0.0200. The summed E-state index contributed by atoms with van der Waals surface area (Å²) in [5.74, 6) is 0.0200. The number of carbonyl (C=O) groups excluding carboxylic acids is 1. The standard InChI is InChI=1S/C26H27N3O2/c1-28(18-22-12-7-8-14-27-22)25(30)24-15-26(19-31-24)23-13-6-5-11-21(23)17-29(26)16-20-9-3-2-4-10-20/h2-14,24H,15-19H2,1H3. The fourth-order valence-corrected chi connectivity index (χ4v) is 4.94. The van der Waals surface area contributed by atoms with Gasteiger partial charge >= 0.3 is 0 Å². The van der Waals surface area contributed by atoms with E-state index < -0.39 is 6.10 Å². The predicted octanol–water partition coefficient (Wildman–Crippen LogP) is 3.74. The number of rotatable bonds is 5. The first-order valence-corrected chi connectivity index (χ1v) is 10.8. The van der Waals surface area contributed by atoms with E-state index in [9.17, 15) is 4.79 Å². The van der Waals surface area contributed by atoms with Crippen LogP contribution in [0.25, 0.3) is 0 Å². The lowest BCUT2D eigenvalue weighted by atomic mass is 9.86. The third-order valence-electron chi connectivity index (χ3n) is 6.52. The molecule has 1 fully saturated rings. The molecule has 1 saturated heterocycles. The van der Waals surface area contributed by atoms with E-state index in [0.29, 0.717) is 19.6 Å². The third kappa shape index (κ3) is 3.75. The van der Waals surface area contributed by atoms with Gasteiger partial charge in [-0.3, -0.25) is 14.7 Å². The Labute approximate surface area is 183 Å². The van der Waals surface area contributed by atoms with Crippen LogP contribution in [-0.2, 0) is 34.7 Å². The summed E-state index contributed by atoms with van der Waals surface area (Å²) in [7, 11) is 1.83. The Hall–Kier alpha value is -3.02. The van der Waals surface area contributed by atoms with Crippen LogP contribution in [0.4, 0.5) is 0 Å². The quantitative estimate of drug-likeness (QED) is 0.639. The number of carbonyl (C=O) groups is 1. The van der Waals surface area contributed by atoms with Gasteiger partial charge in [0.2, 0.25) is 0 Å². The summed E-state index contributed by atoms with van der Waals surface area (Å²) in [5.41, 5.74) is 4.52. The molecule has 2 aromatic carbocycles. The zero-order chi connectivity index (χ0) is 21.3. The summed E-state index contributed by atoms with van der Waals surface area (Å²) < 4.78 is 6.18. The average Bonchev–Trinajstić information content (AvgIpc) is 3.38. The summed E-state index contributed by atoms with van der Waals surface area (Å²) in [6, 6.07) is 24.9. The molecule has 0 bridgehead atoms. The maximum atomic E-state index is 13.2. The highest BCUT2D eigenvalue weighted by Gasteiger charge is 2.52. The minimum atomic E-state index is -0.446. The van der Waals surface area contributed by atoms with E-state index in [1.54, 1.807) is 11.1 Å². The summed E-state index contributed by atoms with van der Waals surface area (Å²) in [6.45, 7) is 2.73. The number of hydrogen-bond donors (Lipinski definition) is 0. The number of fused-ring (bicyclic) bond motifs is 2. The van der Waals surface area contributed by atoms with E-state index in [1.165, 1.54) is 16.7 Å². The van der Waals surface area contributed by atoms with Crippen LogP contribution in [-0.4, -0.2) is 40.4 Å². The molecule has 2 aliphatic rings. The molecule has 3 aromatic rings. The molecule has 158 valence electrons. The zero-order valence-corrected chi connectivity index (χ0v) is 17.8. The number of ether oxygens (including phenoxy) is 1. The van der Waals surface area contributed by atoms with E-state index in [0.717, 1.165) is 18.8 Å². The average molecular weight is 414 g/mol. The minimum Gasteiger partial charge on any atom is -0.366 e. The first-order valence-electron chi connectivity index (χ1n) is 10.8. The maximum absolute atomic E-state index is 13.2. The van der Waals surface area contributed by atoms with Gasteiger partial charge in [0.25, 0.3) is 5.91 Å². The van der Waals surface area contributed by atoms with Crippen LogP contribution >= 0.6 is 0 Å². The molecule has 0 radical (unpaired) electrons. The van der Waals surface area contributed by atoms with Gasteiger partial charge in [0.15, 0.2) is 0 Å². The highest BCUT2D eigenvalue weighted by atomic mass is 16.5. The van der Waals surface area contributed by atoms with Crippen LogP contribution in [0, 0.1) is 0 Å². The van der Waals surface area contributed by atoms with Gasteiger partial charge in [0, 0.05) is 32.8 Å². The molecule has 31 heavy (non-hydrogen) atoms. The topological polar surface area (TPSA) is 45.7 Å². The molecule has 1 aromatic heterocycles. The van der Waals surface area contributed by atoms with Crippen molar-refractivity contribution in [1.29, 1.82) is 0 Å². The van der Waals surface area contributed by atoms with Gasteiger partial charge in [-0.25, -0.2) is 0 Å². The number of likely N-dealkylation sites (N-methyl/N-ethyl adjacent to an activating group) is 1. The number of aromatic nitrogens is 1. The summed E-state index contributed by atoms with van der Waals surface area (Å²) >= 11 is 0. The number of nitrogens with zero attached hydrogens (tertiary/aromatic N) is 3. The molecule has 5 heteroatoms. The third-order valence-corrected chi connectivity index (χ3v) is 6.52. The second kappa shape index (κ2) is 8.25. The van der Waals surface area contributed by atoms with E-state index in [4.69, 9.17) is 4.74 Å². The van der Waals surface area contributed by atoms with Crippen LogP contribution in [0.3, 0.4) is 0 Å². The fraction of sp³-hybridized carbons (Fsp3) is 0.308. The van der Waals surface area contributed by atoms with Gasteiger partial charge in [-0.05, 0) is 28.8 Å². The second-order valence-electron chi connectivity index (χ2n) is 8.55. The van der Waals surface area contributed by atoms with Gasteiger partial charge in [0.1, 0.15) is 6.10 Å². The Morgan fingerprint density at radius 1 is 1.10 bits per heavy atom. The van der Waals surface area contributed by atoms with Gasteiger partial charge in [0.05, 0.1) is 24.4 Å². The van der Waals surface area contributed by atoms with Gasteiger partial charge in [-0.15, -0.1) is 0 Å². The molecular weight excluding hydrogens is 386 g/mol. The van der Waals surface area contributed by atoms with Crippen molar-refractivity contribution < 1.29 is 9.53 Å². The monoisotopic (exact) mass is 413 g/mol. The van der Waals surface area contributed by atoms with E-state index in [1.807, 2.05) is 31.3 Å². The zero-order valence-electron chi connectivity index (χ0n) is 17.8. The van der Waals surface area contributed by atoms with Crippen molar-refractivity contribution in [3.05, 3.63) is 101 Å². The van der Waals surface area contributed by atoms with Gasteiger partial charge < -0.3 is 9.64 Å². The van der Waals surface area contributed by atoms with Crippen molar-refractivity contribution in [2.75, 3.05) is 13.7 Å². The first-order chi connectivity index (χ1) is 15.2. The molecule has 1 spiro atoms. The van der Waals surface area contributed by atoms with Gasteiger partial charge in [-0.1, -0.05) is 60.7 Å². The van der Waals surface area contributed by atoms with Crippen LogP contribution < -0.4 is 0 Å². The number of hydrogen-bond acceptors (Lipinski definition) is 4. The summed E-state index contributed by atoms with van der Waals surface area (Å²) in [4.78, 5) is 21.8. The largest absolute Gasteiger partial charge is 0.366 e. The number of amides is 1. The molecule has 0 N–H and O–H groups in total. The highest BCUT2D eigenvalue weighted by Crippen LogP contribution is 2.47.